The van der Waals surface area contributed by atoms with Gasteiger partial charge in [0.1, 0.15) is 10.8 Å². The van der Waals surface area contributed by atoms with Crippen LogP contribution in [0.3, 0.4) is 0 Å². The van der Waals surface area contributed by atoms with Gasteiger partial charge in [-0.1, -0.05) is 60.3 Å². The quantitative estimate of drug-likeness (QED) is 0.634. The minimum absolute atomic E-state index is 0.0655. The van der Waals surface area contributed by atoms with Crippen molar-refractivity contribution in [2.75, 3.05) is 16.4 Å². The Balaban J connectivity index is 1.45. The average molecular weight is 350 g/mol. The first kappa shape index (κ1) is 17.0. The summed E-state index contributed by atoms with van der Waals surface area (Å²) in [5, 5.41) is 15.1. The average Bonchev–Trinajstić information content (AvgIpc) is 2.67. The summed E-state index contributed by atoms with van der Waals surface area (Å²) in [6.07, 6.45) is 0. The first-order valence-corrected chi connectivity index (χ1v) is 8.87. The van der Waals surface area contributed by atoms with Crippen molar-refractivity contribution < 1.29 is 4.79 Å². The van der Waals surface area contributed by atoms with Crippen LogP contribution in [0.4, 0.5) is 11.5 Å². The van der Waals surface area contributed by atoms with Gasteiger partial charge in [-0.2, -0.15) is 0 Å². The summed E-state index contributed by atoms with van der Waals surface area (Å²) in [5.41, 5.74) is 1.97. The molecule has 6 heteroatoms. The van der Waals surface area contributed by atoms with Crippen LogP contribution in [0.25, 0.3) is 0 Å². The van der Waals surface area contributed by atoms with Gasteiger partial charge in [0, 0.05) is 12.2 Å². The molecule has 5 nitrogen and oxygen atoms in total. The van der Waals surface area contributed by atoms with Gasteiger partial charge >= 0.3 is 0 Å². The highest BCUT2D eigenvalue weighted by atomic mass is 32.2. The van der Waals surface area contributed by atoms with E-state index in [1.54, 1.807) is 0 Å². The number of amides is 1. The molecule has 0 aliphatic carbocycles. The number of benzene rings is 2. The number of hydrogen-bond acceptors (Lipinski definition) is 5. The summed E-state index contributed by atoms with van der Waals surface area (Å²) in [6, 6.07) is 23.2. The lowest BCUT2D eigenvalue weighted by molar-refractivity contribution is -0.113. The fraction of sp³-hybridized carbons (Fsp3) is 0.105. The number of carbonyl (C=O) groups excluding carboxylic acids is 1. The molecule has 0 atom stereocenters. The molecule has 0 aliphatic heterocycles. The van der Waals surface area contributed by atoms with Crippen LogP contribution in [0.1, 0.15) is 5.56 Å². The molecule has 0 unspecified atom stereocenters. The van der Waals surface area contributed by atoms with Crippen LogP contribution in [0.15, 0.2) is 77.8 Å². The predicted octanol–water partition coefficient (Wildman–Crippen LogP) is 3.82. The van der Waals surface area contributed by atoms with Crippen LogP contribution in [-0.2, 0) is 11.3 Å². The van der Waals surface area contributed by atoms with E-state index >= 15 is 0 Å². The van der Waals surface area contributed by atoms with Crippen LogP contribution in [0.2, 0.25) is 0 Å². The molecule has 1 heterocycles. The van der Waals surface area contributed by atoms with Crippen LogP contribution in [0.5, 0.6) is 0 Å². The smallest absolute Gasteiger partial charge is 0.234 e. The lowest BCUT2D eigenvalue weighted by Gasteiger charge is -2.06. The number of carbonyl (C=O) groups is 1. The second-order valence-corrected chi connectivity index (χ2v) is 6.29. The van der Waals surface area contributed by atoms with Gasteiger partial charge in [-0.15, -0.1) is 10.2 Å². The summed E-state index contributed by atoms with van der Waals surface area (Å²) in [7, 11) is 0. The normalized spacial score (nSPS) is 10.2. The number of anilines is 2. The predicted molar refractivity (Wildman–Crippen MR) is 102 cm³/mol. The lowest BCUT2D eigenvalue weighted by Crippen LogP contribution is -2.14. The van der Waals surface area contributed by atoms with Gasteiger partial charge in [0.05, 0.1) is 5.75 Å². The van der Waals surface area contributed by atoms with E-state index in [1.807, 2.05) is 60.7 Å². The fourth-order valence-electron chi connectivity index (χ4n) is 2.14. The third kappa shape index (κ3) is 5.61. The van der Waals surface area contributed by atoms with E-state index in [4.69, 9.17) is 0 Å². The third-order valence-corrected chi connectivity index (χ3v) is 4.29. The Morgan fingerprint density at radius 2 is 1.60 bits per heavy atom. The molecule has 1 aromatic heterocycles. The number of nitrogens with zero attached hydrogens (tertiary/aromatic N) is 2. The van der Waals surface area contributed by atoms with Crippen molar-refractivity contribution >= 4 is 29.2 Å². The lowest BCUT2D eigenvalue weighted by atomic mass is 10.2. The first-order chi connectivity index (χ1) is 12.3. The molecule has 2 aromatic carbocycles. The molecule has 3 rings (SSSR count). The minimum Gasteiger partial charge on any atom is -0.365 e. The molecule has 0 spiro atoms. The van der Waals surface area contributed by atoms with Crippen LogP contribution in [0, 0.1) is 0 Å². The van der Waals surface area contributed by atoms with Crippen molar-refractivity contribution in [2.24, 2.45) is 0 Å². The first-order valence-electron chi connectivity index (χ1n) is 7.89. The number of para-hydroxylation sites is 1. The summed E-state index contributed by atoms with van der Waals surface area (Å²) in [4.78, 5) is 11.9. The van der Waals surface area contributed by atoms with Crippen LogP contribution in [-0.4, -0.2) is 21.9 Å². The van der Waals surface area contributed by atoms with Crippen molar-refractivity contribution in [3.8, 4) is 0 Å². The zero-order chi connectivity index (χ0) is 17.3. The molecule has 0 fully saturated rings. The summed E-state index contributed by atoms with van der Waals surface area (Å²) >= 11 is 1.36. The van der Waals surface area contributed by atoms with E-state index in [-0.39, 0.29) is 5.91 Å². The molecule has 0 bridgehead atoms. The van der Waals surface area contributed by atoms with Crippen molar-refractivity contribution in [1.82, 2.24) is 10.2 Å². The van der Waals surface area contributed by atoms with E-state index in [1.165, 1.54) is 17.3 Å². The molecular weight excluding hydrogens is 332 g/mol. The van der Waals surface area contributed by atoms with Crippen molar-refractivity contribution in [3.63, 3.8) is 0 Å². The summed E-state index contributed by atoms with van der Waals surface area (Å²) in [5.74, 6) is 0.937. The summed E-state index contributed by atoms with van der Waals surface area (Å²) < 4.78 is 0. The van der Waals surface area contributed by atoms with Gasteiger partial charge in [-0.05, 0) is 29.8 Å². The van der Waals surface area contributed by atoms with Gasteiger partial charge in [-0.3, -0.25) is 4.79 Å². The van der Waals surface area contributed by atoms with Crippen molar-refractivity contribution in [3.05, 3.63) is 78.4 Å². The second-order valence-electron chi connectivity index (χ2n) is 5.30. The maximum Gasteiger partial charge on any atom is 0.234 e. The Bertz CT molecular complexity index is 795. The van der Waals surface area contributed by atoms with Gasteiger partial charge in [0.15, 0.2) is 0 Å². The van der Waals surface area contributed by atoms with E-state index in [0.717, 1.165) is 5.69 Å². The molecule has 0 saturated heterocycles. The van der Waals surface area contributed by atoms with E-state index in [2.05, 4.69) is 33.0 Å². The topological polar surface area (TPSA) is 66.9 Å². The SMILES string of the molecule is O=C(CSc1ccc(NCc2ccccc2)nn1)Nc1ccccc1. The maximum atomic E-state index is 11.9. The molecule has 25 heavy (non-hydrogen) atoms. The van der Waals surface area contributed by atoms with E-state index in [0.29, 0.717) is 23.1 Å². The van der Waals surface area contributed by atoms with E-state index < -0.39 is 0 Å². The molecule has 0 radical (unpaired) electrons. The fourth-order valence-corrected chi connectivity index (χ4v) is 2.75. The van der Waals surface area contributed by atoms with Crippen LogP contribution < -0.4 is 10.6 Å². The van der Waals surface area contributed by atoms with Gasteiger partial charge < -0.3 is 10.6 Å². The molecule has 1 amide bonds. The monoisotopic (exact) mass is 350 g/mol. The number of hydrogen-bond donors (Lipinski definition) is 2. The van der Waals surface area contributed by atoms with Crippen LogP contribution >= 0.6 is 11.8 Å². The maximum absolute atomic E-state index is 11.9. The van der Waals surface area contributed by atoms with Gasteiger partial charge in [0.25, 0.3) is 0 Å². The standard InChI is InChI=1S/C19H18N4OS/c24-18(21-16-9-5-2-6-10-16)14-25-19-12-11-17(22-23-19)20-13-15-7-3-1-4-8-15/h1-12H,13-14H2,(H,20,22)(H,21,24). The summed E-state index contributed by atoms with van der Waals surface area (Å²) in [6.45, 7) is 0.696. The Hall–Kier alpha value is -2.86. The molecule has 0 aliphatic rings. The molecule has 3 aromatic rings. The Morgan fingerprint density at radius 3 is 2.28 bits per heavy atom. The van der Waals surface area contributed by atoms with Gasteiger partial charge in [-0.25, -0.2) is 0 Å². The Morgan fingerprint density at radius 1 is 0.880 bits per heavy atom. The highest BCUT2D eigenvalue weighted by Gasteiger charge is 2.05. The van der Waals surface area contributed by atoms with Gasteiger partial charge in [0.2, 0.25) is 5.91 Å². The zero-order valence-electron chi connectivity index (χ0n) is 13.6. The molecule has 2 N–H and O–H groups in total. The highest BCUT2D eigenvalue weighted by molar-refractivity contribution is 7.99. The number of aromatic nitrogens is 2. The van der Waals surface area contributed by atoms with Crippen molar-refractivity contribution in [2.45, 2.75) is 11.6 Å². The highest BCUT2D eigenvalue weighted by Crippen LogP contribution is 2.16. The third-order valence-electron chi connectivity index (χ3n) is 3.37. The zero-order valence-corrected chi connectivity index (χ0v) is 14.4. The molecule has 0 saturated carbocycles. The van der Waals surface area contributed by atoms with E-state index in [9.17, 15) is 4.79 Å². The second kappa shape index (κ2) is 8.84. The van der Waals surface area contributed by atoms with Crippen molar-refractivity contribution in [1.29, 1.82) is 0 Å². The number of nitrogens with one attached hydrogen (secondary N) is 2. The minimum atomic E-state index is -0.0655. The largest absolute Gasteiger partial charge is 0.365 e. The Kier molecular flexibility index (Phi) is 6.01. The number of thioether (sulfide) groups is 1. The number of rotatable bonds is 7. The Labute approximate surface area is 150 Å². The molecular formula is C19H18N4OS. The molecule has 126 valence electrons.